The van der Waals surface area contributed by atoms with Gasteiger partial charge in [-0.15, -0.1) is 0 Å². The van der Waals surface area contributed by atoms with Crippen molar-refractivity contribution in [1.29, 1.82) is 0 Å². The van der Waals surface area contributed by atoms with Crippen LogP contribution in [-0.2, 0) is 20.5 Å². The maximum atomic E-state index is 14.1. The first-order valence-electron chi connectivity index (χ1n) is 10.6. The van der Waals surface area contributed by atoms with Gasteiger partial charge in [0.25, 0.3) is 0 Å². The fraction of sp³-hybridized carbons (Fsp3) is 0.636. The van der Waals surface area contributed by atoms with Crippen LogP contribution in [0.15, 0.2) is 18.2 Å². The minimum Gasteiger partial charge on any atom is -0.487 e. The van der Waals surface area contributed by atoms with Crippen LogP contribution in [0.25, 0.3) is 0 Å². The number of carbonyl (C=O) groups is 2. The van der Waals surface area contributed by atoms with Gasteiger partial charge in [0, 0.05) is 24.5 Å². The van der Waals surface area contributed by atoms with E-state index in [-0.39, 0.29) is 36.7 Å². The summed E-state index contributed by atoms with van der Waals surface area (Å²) in [5.41, 5.74) is 4.53. The Kier molecular flexibility index (Phi) is 7.44. The number of nitrogens with zero attached hydrogens (tertiary/aromatic N) is 1. The summed E-state index contributed by atoms with van der Waals surface area (Å²) < 4.78 is 62.9. The average molecular weight is 460 g/mol. The van der Waals surface area contributed by atoms with Gasteiger partial charge in [-0.1, -0.05) is 0 Å². The van der Waals surface area contributed by atoms with Crippen LogP contribution in [-0.4, -0.2) is 55.0 Å². The molecule has 2 fully saturated rings. The molecule has 32 heavy (non-hydrogen) atoms. The number of halogens is 4. The van der Waals surface area contributed by atoms with Gasteiger partial charge in [0.1, 0.15) is 12.9 Å². The van der Waals surface area contributed by atoms with E-state index in [9.17, 15) is 27.2 Å². The number of piperidine rings is 1. The van der Waals surface area contributed by atoms with E-state index < -0.39 is 29.2 Å². The SMILES string of the molecule is CC(Oc1ccc(C(F)(F)F)cc1F)C1CCN(C(=O)C2CC(N)(COCC=O)C2)CC1. The summed E-state index contributed by atoms with van der Waals surface area (Å²) >= 11 is 0. The molecule has 1 aliphatic carbocycles. The molecule has 1 aromatic rings. The molecular formula is C22H28F4N2O4. The van der Waals surface area contributed by atoms with Crippen LogP contribution < -0.4 is 10.5 Å². The molecular weight excluding hydrogens is 432 g/mol. The van der Waals surface area contributed by atoms with Gasteiger partial charge in [-0.25, -0.2) is 4.39 Å². The first-order chi connectivity index (χ1) is 15.0. The number of hydrogen-bond donors (Lipinski definition) is 1. The van der Waals surface area contributed by atoms with Crippen molar-refractivity contribution in [2.24, 2.45) is 17.6 Å². The second-order valence-electron chi connectivity index (χ2n) is 8.78. The van der Waals surface area contributed by atoms with Crippen molar-refractivity contribution in [2.75, 3.05) is 26.3 Å². The van der Waals surface area contributed by atoms with Crippen molar-refractivity contribution in [3.63, 3.8) is 0 Å². The lowest BCUT2D eigenvalue weighted by Crippen LogP contribution is -2.59. The Bertz CT molecular complexity index is 819. The quantitative estimate of drug-likeness (QED) is 0.366. The summed E-state index contributed by atoms with van der Waals surface area (Å²) in [5.74, 6) is -1.33. The topological polar surface area (TPSA) is 81.9 Å². The zero-order valence-corrected chi connectivity index (χ0v) is 17.9. The predicted octanol–water partition coefficient (Wildman–Crippen LogP) is 3.17. The van der Waals surface area contributed by atoms with E-state index in [4.69, 9.17) is 15.2 Å². The van der Waals surface area contributed by atoms with Gasteiger partial charge in [0.05, 0.1) is 18.3 Å². The maximum Gasteiger partial charge on any atom is 0.416 e. The molecule has 1 aliphatic heterocycles. The van der Waals surface area contributed by atoms with E-state index in [0.717, 1.165) is 12.1 Å². The first-order valence-corrected chi connectivity index (χ1v) is 10.6. The lowest BCUT2D eigenvalue weighted by Gasteiger charge is -2.46. The van der Waals surface area contributed by atoms with Crippen molar-refractivity contribution in [2.45, 2.75) is 50.4 Å². The molecule has 6 nitrogen and oxygen atoms in total. The number of nitrogens with two attached hydrogens (primary N) is 1. The summed E-state index contributed by atoms with van der Waals surface area (Å²) in [4.78, 5) is 24.8. The van der Waals surface area contributed by atoms with Crippen LogP contribution in [0.4, 0.5) is 17.6 Å². The fourth-order valence-electron chi connectivity index (χ4n) is 4.44. The Morgan fingerprint density at radius 2 is 1.97 bits per heavy atom. The monoisotopic (exact) mass is 460 g/mol. The highest BCUT2D eigenvalue weighted by Crippen LogP contribution is 2.38. The summed E-state index contributed by atoms with van der Waals surface area (Å²) in [6.45, 7) is 3.05. The molecule has 178 valence electrons. The van der Waals surface area contributed by atoms with Crippen molar-refractivity contribution >= 4 is 12.2 Å². The number of likely N-dealkylation sites (tertiary alicyclic amines) is 1. The van der Waals surface area contributed by atoms with E-state index in [1.165, 1.54) is 0 Å². The predicted molar refractivity (Wildman–Crippen MR) is 107 cm³/mol. The van der Waals surface area contributed by atoms with Crippen LogP contribution in [0, 0.1) is 17.7 Å². The molecule has 0 aromatic heterocycles. The zero-order chi connectivity index (χ0) is 23.5. The number of benzene rings is 1. The highest BCUT2D eigenvalue weighted by atomic mass is 19.4. The molecule has 2 aliphatic rings. The minimum atomic E-state index is -4.61. The second kappa shape index (κ2) is 9.74. The number of hydrogen-bond acceptors (Lipinski definition) is 5. The van der Waals surface area contributed by atoms with Crippen LogP contribution in [0.2, 0.25) is 0 Å². The summed E-state index contributed by atoms with van der Waals surface area (Å²) in [5, 5.41) is 0. The molecule has 3 rings (SSSR count). The van der Waals surface area contributed by atoms with Crippen molar-refractivity contribution < 1.29 is 36.6 Å². The van der Waals surface area contributed by atoms with Crippen molar-refractivity contribution in [3.8, 4) is 5.75 Å². The molecule has 1 aromatic carbocycles. The Morgan fingerprint density at radius 1 is 1.31 bits per heavy atom. The highest BCUT2D eigenvalue weighted by Gasteiger charge is 2.46. The Labute approximate surface area is 184 Å². The number of alkyl halides is 3. The smallest absolute Gasteiger partial charge is 0.416 e. The molecule has 10 heteroatoms. The van der Waals surface area contributed by atoms with Gasteiger partial charge in [-0.2, -0.15) is 13.2 Å². The van der Waals surface area contributed by atoms with Crippen LogP contribution in [0.1, 0.15) is 38.2 Å². The Hall–Kier alpha value is -2.20. The van der Waals surface area contributed by atoms with E-state index >= 15 is 0 Å². The Balaban J connectivity index is 1.45. The molecule has 2 N–H and O–H groups in total. The van der Waals surface area contributed by atoms with Crippen molar-refractivity contribution in [1.82, 2.24) is 4.90 Å². The standard InChI is InChI=1S/C22H28F4N2O4/c1-14(32-19-3-2-17(10-18(19)23)22(24,25)26)15-4-6-28(7-5-15)20(30)16-11-21(27,12-16)13-31-9-8-29/h2-3,8,10,14-16H,4-7,9,11-13,27H2,1H3. The lowest BCUT2D eigenvalue weighted by atomic mass is 9.68. The van der Waals surface area contributed by atoms with Gasteiger partial charge in [0.2, 0.25) is 5.91 Å². The van der Waals surface area contributed by atoms with Crippen LogP contribution in [0.5, 0.6) is 5.75 Å². The van der Waals surface area contributed by atoms with Gasteiger partial charge < -0.3 is 24.9 Å². The van der Waals surface area contributed by atoms with E-state index in [2.05, 4.69) is 0 Å². The Morgan fingerprint density at radius 3 is 2.53 bits per heavy atom. The number of aldehydes is 1. The molecule has 1 saturated heterocycles. The van der Waals surface area contributed by atoms with E-state index in [1.54, 1.807) is 11.8 Å². The van der Waals surface area contributed by atoms with Gasteiger partial charge in [0.15, 0.2) is 11.6 Å². The third-order valence-corrected chi connectivity index (χ3v) is 6.32. The lowest BCUT2D eigenvalue weighted by molar-refractivity contribution is -0.144. The van der Waals surface area contributed by atoms with Crippen molar-refractivity contribution in [3.05, 3.63) is 29.6 Å². The number of carbonyl (C=O) groups excluding carboxylic acids is 2. The van der Waals surface area contributed by atoms with Gasteiger partial charge >= 0.3 is 6.18 Å². The van der Waals surface area contributed by atoms with E-state index in [0.29, 0.717) is 51.1 Å². The van der Waals surface area contributed by atoms with E-state index in [1.807, 2.05) is 0 Å². The average Bonchev–Trinajstić information content (AvgIpc) is 2.72. The molecule has 1 saturated carbocycles. The molecule has 1 amide bonds. The third-order valence-electron chi connectivity index (χ3n) is 6.32. The first kappa shape index (κ1) is 24.4. The maximum absolute atomic E-state index is 14.1. The number of rotatable bonds is 8. The molecule has 0 bridgehead atoms. The summed E-state index contributed by atoms with van der Waals surface area (Å²) in [7, 11) is 0. The van der Waals surface area contributed by atoms with Gasteiger partial charge in [-0.3, -0.25) is 4.79 Å². The fourth-order valence-corrected chi connectivity index (χ4v) is 4.44. The third kappa shape index (κ3) is 5.78. The van der Waals surface area contributed by atoms with Gasteiger partial charge in [-0.05, 0) is 56.7 Å². The van der Waals surface area contributed by atoms with Crippen LogP contribution >= 0.6 is 0 Å². The molecule has 1 heterocycles. The normalized spacial score (nSPS) is 25.2. The molecule has 0 radical (unpaired) electrons. The molecule has 1 atom stereocenters. The highest BCUT2D eigenvalue weighted by molar-refractivity contribution is 5.80. The summed E-state index contributed by atoms with van der Waals surface area (Å²) in [6, 6.07) is 2.23. The summed E-state index contributed by atoms with van der Waals surface area (Å²) in [6.07, 6.45) is -2.04. The minimum absolute atomic E-state index is 0.0122. The number of amides is 1. The zero-order valence-electron chi connectivity index (χ0n) is 17.9. The second-order valence-corrected chi connectivity index (χ2v) is 8.78. The largest absolute Gasteiger partial charge is 0.487 e. The molecule has 0 spiro atoms. The molecule has 1 unspecified atom stereocenters. The van der Waals surface area contributed by atoms with Crippen LogP contribution in [0.3, 0.4) is 0 Å². The number of ether oxygens (including phenoxy) is 2.